The number of halogens is 24. The second-order valence-corrected chi connectivity index (χ2v) is 9.93. The first-order valence-electron chi connectivity index (χ1n) is 10.1. The zero-order valence-corrected chi connectivity index (χ0v) is 26.5. The molecule has 0 aromatic heterocycles. The molecule has 1 N–H and O–H groups in total. The summed E-state index contributed by atoms with van der Waals surface area (Å²) in [6, 6.07) is 0. The number of hydrogen-bond donors (Lipinski definition) is 1. The molecular formula is C18H12Cl6F18O7. The molecule has 0 aliphatic rings. The summed E-state index contributed by atoms with van der Waals surface area (Å²) < 4.78 is 196. The Bertz CT molecular complexity index is 965. The highest BCUT2D eigenvalue weighted by Gasteiger charge is 2.52. The van der Waals surface area contributed by atoms with Crippen LogP contribution in [0.3, 0.4) is 0 Å². The third kappa shape index (κ3) is 50.8. The summed E-state index contributed by atoms with van der Waals surface area (Å²) >= 11 is 26.7. The summed E-state index contributed by atoms with van der Waals surface area (Å²) in [5, 5.41) is -0.398. The third-order valence-electron chi connectivity index (χ3n) is 2.45. The highest BCUT2D eigenvalue weighted by atomic mass is 35.5. The molecule has 7 nitrogen and oxygen atoms in total. The molecule has 0 fully saturated rings. The normalized spacial score (nSPS) is 13.1. The number of carboxylic acid groups (broad SMARTS) is 1. The number of aldehydes is 3. The fraction of sp³-hybridized carbons (Fsp3) is 0.667. The Morgan fingerprint density at radius 1 is 0.612 bits per heavy atom. The Labute approximate surface area is 289 Å². The van der Waals surface area contributed by atoms with Crippen LogP contribution in [-0.4, -0.2) is 92.6 Å². The Hall–Kier alpha value is -1.70. The molecule has 0 aromatic rings. The fourth-order valence-electron chi connectivity index (χ4n) is 0.696. The van der Waals surface area contributed by atoms with Gasteiger partial charge in [-0.15, -0.1) is 23.2 Å². The van der Waals surface area contributed by atoms with Crippen molar-refractivity contribution in [1.82, 2.24) is 0 Å². The van der Waals surface area contributed by atoms with Gasteiger partial charge in [0.1, 0.15) is 25.4 Å². The number of aliphatic carboxylic acids is 1. The van der Waals surface area contributed by atoms with E-state index in [-0.39, 0.29) is 12.6 Å². The highest BCUT2D eigenvalue weighted by Crippen LogP contribution is 2.37. The molecule has 2 atom stereocenters. The summed E-state index contributed by atoms with van der Waals surface area (Å²) in [5.74, 6) is -1.85. The van der Waals surface area contributed by atoms with Gasteiger partial charge in [0.15, 0.2) is 11.7 Å². The molecule has 0 saturated heterocycles. The Morgan fingerprint density at radius 3 is 0.959 bits per heavy atom. The fourth-order valence-corrected chi connectivity index (χ4v) is 0.971. The predicted molar refractivity (Wildman–Crippen MR) is 131 cm³/mol. The van der Waals surface area contributed by atoms with Gasteiger partial charge in [0.2, 0.25) is 15.9 Å². The van der Waals surface area contributed by atoms with E-state index in [9.17, 15) is 103 Å². The van der Waals surface area contributed by atoms with Crippen LogP contribution in [0.15, 0.2) is 0 Å². The lowest BCUT2D eigenvalue weighted by Gasteiger charge is -2.14. The van der Waals surface area contributed by atoms with Crippen LogP contribution < -0.4 is 0 Å². The largest absolute Gasteiger partial charge is 0.481 e. The second kappa shape index (κ2) is 25.3. The van der Waals surface area contributed by atoms with Crippen LogP contribution in [0.5, 0.6) is 0 Å². The monoisotopic (exact) mass is 892 g/mol. The average Bonchev–Trinajstić information content (AvgIpc) is 2.79. The van der Waals surface area contributed by atoms with Crippen molar-refractivity contribution < 1.29 is 113 Å². The maximum Gasteiger partial charge on any atom is 0.428 e. The molecule has 2 unspecified atom stereocenters. The van der Waals surface area contributed by atoms with Gasteiger partial charge in [-0.3, -0.25) is 19.2 Å². The van der Waals surface area contributed by atoms with E-state index >= 15 is 0 Å². The molecule has 0 bridgehead atoms. The molecule has 0 aliphatic carbocycles. The van der Waals surface area contributed by atoms with Gasteiger partial charge in [0.05, 0.1) is 6.42 Å². The van der Waals surface area contributed by atoms with Crippen molar-refractivity contribution >= 4 is 105 Å². The van der Waals surface area contributed by atoms with Crippen molar-refractivity contribution in [3.63, 3.8) is 0 Å². The summed E-state index contributed by atoms with van der Waals surface area (Å²) in [6.45, 7) is 0. The number of rotatable bonds is 6. The number of carbonyl (C=O) groups excluding carboxylic acids is 5. The first-order chi connectivity index (χ1) is 21.0. The molecule has 31 heteroatoms. The quantitative estimate of drug-likeness (QED) is 0.122. The Balaban J connectivity index is -0.000000113. The lowest BCUT2D eigenvalue weighted by Crippen LogP contribution is -2.35. The van der Waals surface area contributed by atoms with Crippen molar-refractivity contribution in [1.29, 1.82) is 0 Å². The molecule has 0 aliphatic heterocycles. The van der Waals surface area contributed by atoms with Gasteiger partial charge in [-0.05, 0) is 23.2 Å². The Morgan fingerprint density at radius 2 is 0.959 bits per heavy atom. The summed E-state index contributed by atoms with van der Waals surface area (Å²) in [4.78, 5) is 56.4. The number of carbonyl (C=O) groups is 6. The minimum atomic E-state index is -4.89. The first-order valence-corrected chi connectivity index (χ1v) is 12.4. The third-order valence-corrected chi connectivity index (χ3v) is 4.32. The van der Waals surface area contributed by atoms with E-state index in [0.717, 1.165) is 0 Å². The molecule has 49 heavy (non-hydrogen) atoms. The average molecular weight is 895 g/mol. The number of alkyl halides is 22. The minimum absolute atomic E-state index is 0.167. The van der Waals surface area contributed by atoms with E-state index in [1.54, 1.807) is 0 Å². The van der Waals surface area contributed by atoms with Crippen LogP contribution in [0.1, 0.15) is 19.3 Å². The zero-order chi connectivity index (χ0) is 41.6. The first kappa shape index (κ1) is 59.4. The van der Waals surface area contributed by atoms with E-state index in [4.69, 9.17) is 9.90 Å². The smallest absolute Gasteiger partial charge is 0.428 e. The molecule has 0 saturated carbocycles. The van der Waals surface area contributed by atoms with Gasteiger partial charge in [0.25, 0.3) is 4.33 Å². The summed E-state index contributed by atoms with van der Waals surface area (Å²) in [5.41, 5.74) is 0. The van der Waals surface area contributed by atoms with Crippen molar-refractivity contribution in [3.05, 3.63) is 0 Å². The lowest BCUT2D eigenvalue weighted by atomic mass is 10.4. The van der Waals surface area contributed by atoms with Crippen molar-refractivity contribution in [2.75, 3.05) is 0 Å². The van der Waals surface area contributed by atoms with Crippen molar-refractivity contribution in [3.8, 4) is 0 Å². The molecule has 294 valence electrons. The second-order valence-electron chi connectivity index (χ2n) is 6.85. The van der Waals surface area contributed by atoms with Crippen LogP contribution in [0.4, 0.5) is 79.0 Å². The topological polar surface area (TPSA) is 123 Å². The zero-order valence-electron chi connectivity index (χ0n) is 22.0. The molecule has 0 amide bonds. The Kier molecular flexibility index (Phi) is 30.7. The van der Waals surface area contributed by atoms with E-state index in [1.165, 1.54) is 0 Å². The van der Waals surface area contributed by atoms with Gasteiger partial charge in [-0.25, -0.2) is 0 Å². The van der Waals surface area contributed by atoms with Crippen LogP contribution in [0.25, 0.3) is 0 Å². The van der Waals surface area contributed by atoms with Gasteiger partial charge < -0.3 is 14.7 Å². The number of carboxylic acids is 1. The minimum Gasteiger partial charge on any atom is -0.481 e. The summed E-state index contributed by atoms with van der Waals surface area (Å²) in [6.07, 6.45) is -33.3. The lowest BCUT2D eigenvalue weighted by molar-refractivity contribution is -0.166. The van der Waals surface area contributed by atoms with Crippen molar-refractivity contribution in [2.45, 2.75) is 71.4 Å². The molecular weight excluding hydrogens is 883 g/mol. The van der Waals surface area contributed by atoms with Crippen LogP contribution >= 0.6 is 69.6 Å². The molecule has 0 heterocycles. The standard InChI is InChI=1S/2C3HCl2F3O.2C3H2ClF3O.C3H3F3O2.C3H3F3O/c4-2(5,1-9)3(6,7)8;4-1(2(5)9)3(6,7)8;4-2(1-8)3(5,6)7;4-2(8)1-3(5,6)7;4-3(5,6)1-2(7)8;4-3(5,6)1-2-7/h2*1H;1-2H;1H2;1H2,(H,7,8);2H,1H2. The van der Waals surface area contributed by atoms with E-state index in [1.807, 2.05) is 0 Å². The van der Waals surface area contributed by atoms with E-state index in [2.05, 4.69) is 69.6 Å². The van der Waals surface area contributed by atoms with Gasteiger partial charge in [0, 0.05) is 0 Å². The highest BCUT2D eigenvalue weighted by molar-refractivity contribution is 6.69. The number of hydrogen-bond acceptors (Lipinski definition) is 6. The van der Waals surface area contributed by atoms with E-state index < -0.39 is 94.1 Å². The predicted octanol–water partition coefficient (Wildman–Crippen LogP) is 9.06. The van der Waals surface area contributed by atoms with Gasteiger partial charge >= 0.3 is 43.0 Å². The molecule has 0 rings (SSSR count). The molecule has 0 radical (unpaired) electrons. The van der Waals surface area contributed by atoms with Crippen molar-refractivity contribution in [2.24, 2.45) is 0 Å². The SMILES string of the molecule is O=C(Cl)C(Cl)C(F)(F)F.O=C(Cl)CC(F)(F)F.O=C(O)CC(F)(F)F.O=CC(Cl)(Cl)C(F)(F)F.O=CC(Cl)C(F)(F)F.O=CCC(F)(F)F. The van der Waals surface area contributed by atoms with E-state index in [0.29, 0.717) is 0 Å². The van der Waals surface area contributed by atoms with Crippen LogP contribution in [-0.2, 0) is 28.8 Å². The maximum atomic E-state index is 11.3. The van der Waals surface area contributed by atoms with Crippen LogP contribution in [0, 0.1) is 0 Å². The molecule has 0 aromatic carbocycles. The van der Waals surface area contributed by atoms with Crippen LogP contribution in [0.2, 0.25) is 0 Å². The molecule has 0 spiro atoms. The maximum absolute atomic E-state index is 11.3. The van der Waals surface area contributed by atoms with Gasteiger partial charge in [-0.1, -0.05) is 23.2 Å². The summed E-state index contributed by atoms with van der Waals surface area (Å²) in [7, 11) is 0. The van der Waals surface area contributed by atoms with Gasteiger partial charge in [-0.2, -0.15) is 79.0 Å².